The summed E-state index contributed by atoms with van der Waals surface area (Å²) in [5.74, 6) is 0.899. The third-order valence-electron chi connectivity index (χ3n) is 5.32. The molecule has 0 spiro atoms. The average molecular weight is 351 g/mol. The standard InChI is InChI=1S/C21H25N3O2/c25-21(24-13-2-5-20(24)17-8-10-22-11-9-17)23-12-14-26-19-7-6-16-3-1-4-18(16)15-19/h6-11,15,20H,1-5,12-14H2,(H,23,25). The van der Waals surface area contributed by atoms with Gasteiger partial charge in [-0.3, -0.25) is 4.98 Å². The van der Waals surface area contributed by atoms with Crippen molar-refractivity contribution in [2.24, 2.45) is 0 Å². The second-order valence-corrected chi connectivity index (χ2v) is 7.00. The van der Waals surface area contributed by atoms with Crippen LogP contribution in [0.5, 0.6) is 5.75 Å². The van der Waals surface area contributed by atoms with E-state index in [4.69, 9.17) is 4.74 Å². The van der Waals surface area contributed by atoms with E-state index >= 15 is 0 Å². The molecule has 1 fully saturated rings. The minimum atomic E-state index is -0.0122. The molecule has 5 nitrogen and oxygen atoms in total. The molecule has 2 heterocycles. The largest absolute Gasteiger partial charge is 0.492 e. The molecule has 1 unspecified atom stereocenters. The third kappa shape index (κ3) is 3.66. The summed E-state index contributed by atoms with van der Waals surface area (Å²) >= 11 is 0. The number of benzene rings is 1. The van der Waals surface area contributed by atoms with Crippen molar-refractivity contribution in [3.05, 3.63) is 59.4 Å². The van der Waals surface area contributed by atoms with Gasteiger partial charge in [0.15, 0.2) is 0 Å². The molecule has 1 N–H and O–H groups in total. The highest BCUT2D eigenvalue weighted by Gasteiger charge is 2.29. The van der Waals surface area contributed by atoms with Gasteiger partial charge in [-0.2, -0.15) is 0 Å². The van der Waals surface area contributed by atoms with Crippen molar-refractivity contribution >= 4 is 6.03 Å². The summed E-state index contributed by atoms with van der Waals surface area (Å²) in [4.78, 5) is 18.5. The van der Waals surface area contributed by atoms with Crippen molar-refractivity contribution < 1.29 is 9.53 Å². The Balaban J connectivity index is 1.26. The van der Waals surface area contributed by atoms with E-state index in [1.54, 1.807) is 12.4 Å². The van der Waals surface area contributed by atoms with Crippen LogP contribution < -0.4 is 10.1 Å². The summed E-state index contributed by atoms with van der Waals surface area (Å²) in [5, 5.41) is 2.99. The predicted octanol–water partition coefficient (Wildman–Crippen LogP) is 3.50. The van der Waals surface area contributed by atoms with Gasteiger partial charge in [0, 0.05) is 18.9 Å². The molecule has 1 aromatic heterocycles. The molecular formula is C21H25N3O2. The van der Waals surface area contributed by atoms with Crippen molar-refractivity contribution in [2.75, 3.05) is 19.7 Å². The number of aromatic nitrogens is 1. The monoisotopic (exact) mass is 351 g/mol. The van der Waals surface area contributed by atoms with Crippen LogP contribution in [0.3, 0.4) is 0 Å². The highest BCUT2D eigenvalue weighted by Crippen LogP contribution is 2.31. The number of amides is 2. The first kappa shape index (κ1) is 16.9. The first-order chi connectivity index (χ1) is 12.8. The number of nitrogens with zero attached hydrogens (tertiary/aromatic N) is 2. The third-order valence-corrected chi connectivity index (χ3v) is 5.32. The Morgan fingerprint density at radius 3 is 2.88 bits per heavy atom. The molecule has 4 rings (SSSR count). The first-order valence-corrected chi connectivity index (χ1v) is 9.50. The number of carbonyl (C=O) groups excluding carboxylic acids is 1. The summed E-state index contributed by atoms with van der Waals surface area (Å²) < 4.78 is 5.81. The van der Waals surface area contributed by atoms with Gasteiger partial charge in [0.25, 0.3) is 0 Å². The van der Waals surface area contributed by atoms with E-state index < -0.39 is 0 Å². The fraction of sp³-hybridized carbons (Fsp3) is 0.429. The van der Waals surface area contributed by atoms with Crippen LogP contribution in [0, 0.1) is 0 Å². The number of pyridine rings is 1. The van der Waals surface area contributed by atoms with E-state index in [1.165, 1.54) is 24.0 Å². The van der Waals surface area contributed by atoms with Gasteiger partial charge in [-0.1, -0.05) is 6.07 Å². The van der Waals surface area contributed by atoms with Crippen molar-refractivity contribution in [2.45, 2.75) is 38.1 Å². The van der Waals surface area contributed by atoms with Gasteiger partial charge in [0.2, 0.25) is 0 Å². The number of ether oxygens (including phenoxy) is 1. The topological polar surface area (TPSA) is 54.5 Å². The molecule has 26 heavy (non-hydrogen) atoms. The van der Waals surface area contributed by atoms with Gasteiger partial charge >= 0.3 is 6.03 Å². The summed E-state index contributed by atoms with van der Waals surface area (Å²) in [6.07, 6.45) is 9.18. The molecule has 136 valence electrons. The molecule has 1 aliphatic carbocycles. The molecule has 2 amide bonds. The zero-order valence-corrected chi connectivity index (χ0v) is 15.0. The molecule has 5 heteroatoms. The molecule has 0 saturated carbocycles. The van der Waals surface area contributed by atoms with E-state index in [-0.39, 0.29) is 12.1 Å². The van der Waals surface area contributed by atoms with Crippen molar-refractivity contribution in [1.29, 1.82) is 0 Å². The SMILES string of the molecule is O=C(NCCOc1ccc2c(c1)CCC2)N1CCCC1c1ccncc1. The predicted molar refractivity (Wildman–Crippen MR) is 100 cm³/mol. The number of hydrogen-bond acceptors (Lipinski definition) is 3. The molecule has 1 aliphatic heterocycles. The maximum atomic E-state index is 12.5. The Labute approximate surface area is 154 Å². The molecule has 1 atom stereocenters. The van der Waals surface area contributed by atoms with Gasteiger partial charge in [-0.05, 0) is 73.1 Å². The van der Waals surface area contributed by atoms with Crippen LogP contribution >= 0.6 is 0 Å². The summed E-state index contributed by atoms with van der Waals surface area (Å²) in [6.45, 7) is 1.79. The number of hydrogen-bond donors (Lipinski definition) is 1. The Bertz CT molecular complexity index is 763. The maximum Gasteiger partial charge on any atom is 0.318 e. The Morgan fingerprint density at radius 1 is 1.15 bits per heavy atom. The number of fused-ring (bicyclic) bond motifs is 1. The number of aryl methyl sites for hydroxylation is 2. The molecule has 0 radical (unpaired) electrons. The Morgan fingerprint density at radius 2 is 2.00 bits per heavy atom. The molecule has 2 aliphatic rings. The van der Waals surface area contributed by atoms with Crippen LogP contribution in [0.2, 0.25) is 0 Å². The van der Waals surface area contributed by atoms with Gasteiger partial charge in [0.1, 0.15) is 12.4 Å². The lowest BCUT2D eigenvalue weighted by atomic mass is 10.1. The quantitative estimate of drug-likeness (QED) is 0.839. The summed E-state index contributed by atoms with van der Waals surface area (Å²) in [6, 6.07) is 10.5. The second-order valence-electron chi connectivity index (χ2n) is 7.00. The minimum Gasteiger partial charge on any atom is -0.492 e. The van der Waals surface area contributed by atoms with E-state index in [2.05, 4.69) is 22.4 Å². The highest BCUT2D eigenvalue weighted by atomic mass is 16.5. The molecule has 2 aromatic rings. The lowest BCUT2D eigenvalue weighted by Gasteiger charge is -2.25. The number of rotatable bonds is 5. The van der Waals surface area contributed by atoms with Crippen LogP contribution in [0.1, 0.15) is 42.0 Å². The van der Waals surface area contributed by atoms with E-state index in [0.717, 1.165) is 37.1 Å². The van der Waals surface area contributed by atoms with Crippen LogP contribution in [0.25, 0.3) is 0 Å². The van der Waals surface area contributed by atoms with Crippen LogP contribution in [0.4, 0.5) is 4.79 Å². The van der Waals surface area contributed by atoms with Crippen LogP contribution in [-0.2, 0) is 12.8 Å². The smallest absolute Gasteiger partial charge is 0.318 e. The molecule has 1 aromatic carbocycles. The van der Waals surface area contributed by atoms with E-state index in [0.29, 0.717) is 13.2 Å². The molecular weight excluding hydrogens is 326 g/mol. The van der Waals surface area contributed by atoms with Crippen LogP contribution in [0.15, 0.2) is 42.7 Å². The lowest BCUT2D eigenvalue weighted by Crippen LogP contribution is -2.41. The number of carbonyl (C=O) groups is 1. The molecule has 1 saturated heterocycles. The maximum absolute atomic E-state index is 12.5. The van der Waals surface area contributed by atoms with Gasteiger partial charge < -0.3 is 15.0 Å². The minimum absolute atomic E-state index is 0.0122. The number of nitrogens with one attached hydrogen (secondary N) is 1. The highest BCUT2D eigenvalue weighted by molar-refractivity contribution is 5.75. The van der Waals surface area contributed by atoms with E-state index in [9.17, 15) is 4.79 Å². The molecule has 0 bridgehead atoms. The summed E-state index contributed by atoms with van der Waals surface area (Å²) in [7, 11) is 0. The van der Waals surface area contributed by atoms with Crippen molar-refractivity contribution in [1.82, 2.24) is 15.2 Å². The van der Waals surface area contributed by atoms with Gasteiger partial charge in [-0.15, -0.1) is 0 Å². The number of urea groups is 1. The fourth-order valence-electron chi connectivity index (χ4n) is 4.01. The Hall–Kier alpha value is -2.56. The second kappa shape index (κ2) is 7.77. The lowest BCUT2D eigenvalue weighted by molar-refractivity contribution is 0.190. The first-order valence-electron chi connectivity index (χ1n) is 9.50. The number of likely N-dealkylation sites (tertiary alicyclic amines) is 1. The van der Waals surface area contributed by atoms with Crippen LogP contribution in [-0.4, -0.2) is 35.6 Å². The summed E-state index contributed by atoms with van der Waals surface area (Å²) in [5.41, 5.74) is 4.01. The normalized spacial score (nSPS) is 18.6. The van der Waals surface area contributed by atoms with Crippen molar-refractivity contribution in [3.63, 3.8) is 0 Å². The van der Waals surface area contributed by atoms with Gasteiger partial charge in [-0.25, -0.2) is 4.79 Å². The average Bonchev–Trinajstić information content (AvgIpc) is 3.34. The zero-order chi connectivity index (χ0) is 17.8. The van der Waals surface area contributed by atoms with Gasteiger partial charge in [0.05, 0.1) is 12.6 Å². The Kier molecular flexibility index (Phi) is 5.04. The zero-order valence-electron chi connectivity index (χ0n) is 15.0. The fourth-order valence-corrected chi connectivity index (χ4v) is 4.01. The van der Waals surface area contributed by atoms with E-state index in [1.807, 2.05) is 23.1 Å². The van der Waals surface area contributed by atoms with Crippen molar-refractivity contribution in [3.8, 4) is 5.75 Å².